The number of ether oxygens (including phenoxy) is 1. The van der Waals surface area contributed by atoms with Gasteiger partial charge in [0.1, 0.15) is 5.75 Å². The summed E-state index contributed by atoms with van der Waals surface area (Å²) in [5.74, 6) is 0.494. The maximum Gasteiger partial charge on any atom is 0.248 e. The number of nitrogens with zero attached hydrogens (tertiary/aromatic N) is 1. The second-order valence-electron chi connectivity index (χ2n) is 6.00. The first-order valence-electron chi connectivity index (χ1n) is 8.77. The standard InChI is InChI=1S/C21H24Br2N2O2/c1-5-25(6-2)17-8-9-19(14(3)11-17)24-20(26)10-7-15-12-16(22)13-18(23)21(15)27-4/h7-13H,5-6H2,1-4H3,(H,24,26)/b10-7+. The predicted octanol–water partition coefficient (Wildman–Crippen LogP) is 6.03. The first kappa shape index (κ1) is 21.5. The van der Waals surface area contributed by atoms with Crippen LogP contribution in [0.1, 0.15) is 25.0 Å². The third kappa shape index (κ3) is 5.59. The molecule has 0 fully saturated rings. The van der Waals surface area contributed by atoms with Crippen LogP contribution in [-0.4, -0.2) is 26.1 Å². The quantitative estimate of drug-likeness (QED) is 0.477. The van der Waals surface area contributed by atoms with Crippen molar-refractivity contribution in [2.24, 2.45) is 0 Å². The Bertz CT molecular complexity index is 846. The highest BCUT2D eigenvalue weighted by molar-refractivity contribution is 9.11. The van der Waals surface area contributed by atoms with Gasteiger partial charge in [0.15, 0.2) is 0 Å². The molecule has 1 amide bonds. The van der Waals surface area contributed by atoms with E-state index in [4.69, 9.17) is 4.74 Å². The molecule has 0 saturated heterocycles. The molecule has 0 heterocycles. The number of hydrogen-bond acceptors (Lipinski definition) is 3. The predicted molar refractivity (Wildman–Crippen MR) is 121 cm³/mol. The Morgan fingerprint density at radius 2 is 1.89 bits per heavy atom. The molecule has 0 aromatic heterocycles. The number of carbonyl (C=O) groups excluding carboxylic acids is 1. The van der Waals surface area contributed by atoms with Gasteiger partial charge in [0.2, 0.25) is 5.91 Å². The summed E-state index contributed by atoms with van der Waals surface area (Å²) >= 11 is 6.92. The van der Waals surface area contributed by atoms with E-state index in [-0.39, 0.29) is 5.91 Å². The molecule has 0 aliphatic carbocycles. The third-order valence-electron chi connectivity index (χ3n) is 4.25. The number of carbonyl (C=O) groups is 1. The summed E-state index contributed by atoms with van der Waals surface area (Å²) in [5, 5.41) is 2.94. The summed E-state index contributed by atoms with van der Waals surface area (Å²) in [6.07, 6.45) is 3.25. The maximum atomic E-state index is 12.4. The second kappa shape index (κ2) is 9.95. The van der Waals surface area contributed by atoms with Crippen LogP contribution >= 0.6 is 31.9 Å². The smallest absolute Gasteiger partial charge is 0.248 e. The fourth-order valence-corrected chi connectivity index (χ4v) is 4.25. The molecule has 144 valence electrons. The summed E-state index contributed by atoms with van der Waals surface area (Å²) < 4.78 is 7.12. The van der Waals surface area contributed by atoms with E-state index < -0.39 is 0 Å². The molecule has 0 aliphatic heterocycles. The molecule has 4 nitrogen and oxygen atoms in total. The molecule has 0 aliphatic rings. The number of rotatable bonds is 7. The Morgan fingerprint density at radius 3 is 2.48 bits per heavy atom. The molecule has 27 heavy (non-hydrogen) atoms. The number of hydrogen-bond donors (Lipinski definition) is 1. The fourth-order valence-electron chi connectivity index (χ4n) is 2.83. The van der Waals surface area contributed by atoms with Crippen molar-refractivity contribution in [3.05, 3.63) is 56.5 Å². The Kier molecular flexibility index (Phi) is 7.92. The zero-order chi connectivity index (χ0) is 20.0. The van der Waals surface area contributed by atoms with E-state index in [1.807, 2.05) is 31.2 Å². The van der Waals surface area contributed by atoms with Gasteiger partial charge >= 0.3 is 0 Å². The van der Waals surface area contributed by atoms with Gasteiger partial charge in [0.05, 0.1) is 11.6 Å². The SMILES string of the molecule is CCN(CC)c1ccc(NC(=O)/C=C/c2cc(Br)cc(Br)c2OC)c(C)c1. The highest BCUT2D eigenvalue weighted by atomic mass is 79.9. The summed E-state index contributed by atoms with van der Waals surface area (Å²) in [4.78, 5) is 14.6. The van der Waals surface area contributed by atoms with Crippen molar-refractivity contribution in [2.75, 3.05) is 30.4 Å². The van der Waals surface area contributed by atoms with Crippen molar-refractivity contribution in [3.63, 3.8) is 0 Å². The van der Waals surface area contributed by atoms with Crippen LogP contribution in [0.2, 0.25) is 0 Å². The van der Waals surface area contributed by atoms with Crippen LogP contribution in [0, 0.1) is 6.92 Å². The number of anilines is 2. The van der Waals surface area contributed by atoms with Crippen molar-refractivity contribution in [2.45, 2.75) is 20.8 Å². The van der Waals surface area contributed by atoms with Gasteiger partial charge in [-0.2, -0.15) is 0 Å². The highest BCUT2D eigenvalue weighted by Crippen LogP contribution is 2.33. The highest BCUT2D eigenvalue weighted by Gasteiger charge is 2.09. The zero-order valence-corrected chi connectivity index (χ0v) is 19.1. The van der Waals surface area contributed by atoms with Crippen molar-refractivity contribution in [1.29, 1.82) is 0 Å². The monoisotopic (exact) mass is 494 g/mol. The van der Waals surface area contributed by atoms with Crippen molar-refractivity contribution in [1.82, 2.24) is 0 Å². The van der Waals surface area contributed by atoms with Crippen LogP contribution in [0.5, 0.6) is 5.75 Å². The van der Waals surface area contributed by atoms with Crippen molar-refractivity contribution >= 4 is 55.2 Å². The lowest BCUT2D eigenvalue weighted by Gasteiger charge is -2.22. The lowest BCUT2D eigenvalue weighted by molar-refractivity contribution is -0.111. The van der Waals surface area contributed by atoms with Crippen molar-refractivity contribution in [3.8, 4) is 5.75 Å². The van der Waals surface area contributed by atoms with Crippen LogP contribution in [0.15, 0.2) is 45.4 Å². The zero-order valence-electron chi connectivity index (χ0n) is 16.0. The number of amides is 1. The molecule has 0 bridgehead atoms. The molecule has 0 saturated carbocycles. The van der Waals surface area contributed by atoms with E-state index in [9.17, 15) is 4.79 Å². The topological polar surface area (TPSA) is 41.6 Å². The number of nitrogens with one attached hydrogen (secondary N) is 1. The summed E-state index contributed by atoms with van der Waals surface area (Å²) in [5.41, 5.74) is 3.81. The summed E-state index contributed by atoms with van der Waals surface area (Å²) in [6.45, 7) is 8.17. The molecular formula is C21H24Br2N2O2. The van der Waals surface area contributed by atoms with E-state index in [0.717, 1.165) is 44.5 Å². The van der Waals surface area contributed by atoms with Crippen LogP contribution in [0.3, 0.4) is 0 Å². The lowest BCUT2D eigenvalue weighted by atomic mass is 10.1. The van der Waals surface area contributed by atoms with Crippen molar-refractivity contribution < 1.29 is 9.53 Å². The number of aryl methyl sites for hydroxylation is 1. The fraction of sp³-hybridized carbons (Fsp3) is 0.286. The van der Waals surface area contributed by atoms with Gasteiger partial charge in [-0.15, -0.1) is 0 Å². The minimum Gasteiger partial charge on any atom is -0.495 e. The van der Waals surface area contributed by atoms with Crippen LogP contribution in [0.25, 0.3) is 6.08 Å². The molecule has 2 aromatic rings. The minimum absolute atomic E-state index is 0.188. The van der Waals surface area contributed by atoms with E-state index in [2.05, 4.69) is 62.0 Å². The van der Waals surface area contributed by atoms with Crippen LogP contribution in [-0.2, 0) is 4.79 Å². The van der Waals surface area contributed by atoms with E-state index in [1.54, 1.807) is 13.2 Å². The number of halogens is 2. The van der Waals surface area contributed by atoms with Gasteiger partial charge < -0.3 is 15.0 Å². The summed E-state index contributed by atoms with van der Waals surface area (Å²) in [7, 11) is 1.60. The molecule has 2 aromatic carbocycles. The maximum absolute atomic E-state index is 12.4. The molecule has 1 N–H and O–H groups in total. The van der Waals surface area contributed by atoms with E-state index in [0.29, 0.717) is 5.75 Å². The van der Waals surface area contributed by atoms with Crippen LogP contribution < -0.4 is 15.0 Å². The number of benzene rings is 2. The number of methoxy groups -OCH3 is 1. The third-order valence-corrected chi connectivity index (χ3v) is 5.30. The average Bonchev–Trinajstić information content (AvgIpc) is 2.63. The molecular weight excluding hydrogens is 472 g/mol. The molecule has 0 unspecified atom stereocenters. The molecule has 6 heteroatoms. The second-order valence-corrected chi connectivity index (χ2v) is 7.77. The first-order valence-corrected chi connectivity index (χ1v) is 10.4. The minimum atomic E-state index is -0.188. The van der Waals surface area contributed by atoms with Gasteiger partial charge in [-0.3, -0.25) is 4.79 Å². The Hall–Kier alpha value is -1.79. The Morgan fingerprint density at radius 1 is 1.19 bits per heavy atom. The van der Waals surface area contributed by atoms with Gasteiger partial charge in [0.25, 0.3) is 0 Å². The molecule has 0 radical (unpaired) electrons. The molecule has 0 atom stereocenters. The largest absolute Gasteiger partial charge is 0.495 e. The van der Waals surface area contributed by atoms with Crippen LogP contribution in [0.4, 0.5) is 11.4 Å². The van der Waals surface area contributed by atoms with Gasteiger partial charge in [0, 0.05) is 40.6 Å². The Labute approximate surface area is 177 Å². The molecule has 2 rings (SSSR count). The van der Waals surface area contributed by atoms with E-state index in [1.165, 1.54) is 6.08 Å². The lowest BCUT2D eigenvalue weighted by Crippen LogP contribution is -2.22. The normalized spacial score (nSPS) is 10.9. The van der Waals surface area contributed by atoms with E-state index >= 15 is 0 Å². The molecule has 0 spiro atoms. The average molecular weight is 496 g/mol. The van der Waals surface area contributed by atoms with Gasteiger partial charge in [-0.1, -0.05) is 15.9 Å². The first-order chi connectivity index (χ1) is 12.9. The van der Waals surface area contributed by atoms with Gasteiger partial charge in [-0.05, 0) is 78.7 Å². The Balaban J connectivity index is 2.16. The summed E-state index contributed by atoms with van der Waals surface area (Å²) in [6, 6.07) is 9.88. The van der Waals surface area contributed by atoms with Gasteiger partial charge in [-0.25, -0.2) is 0 Å².